The quantitative estimate of drug-likeness (QED) is 0.717. The van der Waals surface area contributed by atoms with Crippen LogP contribution in [0.25, 0.3) is 10.9 Å². The summed E-state index contributed by atoms with van der Waals surface area (Å²) in [6.07, 6.45) is 2.28. The molecule has 0 radical (unpaired) electrons. The minimum atomic E-state index is -0.00259. The second-order valence-corrected chi connectivity index (χ2v) is 7.43. The number of aryl methyl sites for hydroxylation is 1. The van der Waals surface area contributed by atoms with E-state index in [0.717, 1.165) is 41.6 Å². The number of nitrogens with one attached hydrogen (secondary N) is 2. The third-order valence-corrected chi connectivity index (χ3v) is 5.70. The lowest BCUT2D eigenvalue weighted by molar-refractivity contribution is 0.303. The number of rotatable bonds is 5. The molecule has 2 unspecified atom stereocenters. The van der Waals surface area contributed by atoms with E-state index < -0.39 is 0 Å². The zero-order chi connectivity index (χ0) is 19.5. The van der Waals surface area contributed by atoms with E-state index in [0.29, 0.717) is 18.6 Å². The molecule has 1 fully saturated rings. The fourth-order valence-corrected chi connectivity index (χ4v) is 4.13. The second kappa shape index (κ2) is 8.17. The third-order valence-electron chi connectivity index (χ3n) is 5.70. The first-order valence-corrected chi connectivity index (χ1v) is 9.86. The summed E-state index contributed by atoms with van der Waals surface area (Å²) >= 11 is 0. The lowest BCUT2D eigenvalue weighted by Gasteiger charge is -2.34. The topological polar surface area (TPSA) is 55.3 Å². The first kappa shape index (κ1) is 18.7. The molecular formula is C23H27N3O2. The zero-order valence-electron chi connectivity index (χ0n) is 16.4. The van der Waals surface area contributed by atoms with Crippen LogP contribution < -0.4 is 20.9 Å². The Morgan fingerprint density at radius 1 is 1.18 bits per heavy atom. The summed E-state index contributed by atoms with van der Waals surface area (Å²) in [6, 6.07) is 18.8. The molecule has 1 aliphatic rings. The molecule has 0 spiro atoms. The average Bonchev–Trinajstić information content (AvgIpc) is 2.75. The van der Waals surface area contributed by atoms with Crippen molar-refractivity contribution >= 4 is 10.9 Å². The van der Waals surface area contributed by atoms with Gasteiger partial charge in [0.15, 0.2) is 0 Å². The molecule has 1 saturated heterocycles. The lowest BCUT2D eigenvalue weighted by Crippen LogP contribution is -2.45. The molecule has 146 valence electrons. The van der Waals surface area contributed by atoms with Crippen molar-refractivity contribution in [3.63, 3.8) is 0 Å². The van der Waals surface area contributed by atoms with Crippen molar-refractivity contribution in [1.82, 2.24) is 15.2 Å². The van der Waals surface area contributed by atoms with Crippen molar-refractivity contribution in [2.75, 3.05) is 13.7 Å². The van der Waals surface area contributed by atoms with Gasteiger partial charge in [0.1, 0.15) is 5.75 Å². The molecule has 1 aliphatic heterocycles. The molecule has 28 heavy (non-hydrogen) atoms. The number of aromatic nitrogens is 1. The van der Waals surface area contributed by atoms with Crippen LogP contribution in [-0.4, -0.2) is 24.3 Å². The Hall–Kier alpha value is -2.63. The molecule has 2 heterocycles. The van der Waals surface area contributed by atoms with E-state index in [1.165, 1.54) is 5.56 Å². The van der Waals surface area contributed by atoms with Gasteiger partial charge in [-0.1, -0.05) is 30.3 Å². The Bertz CT molecular complexity index is 1010. The summed E-state index contributed by atoms with van der Waals surface area (Å²) < 4.78 is 7.32. The SMILES string of the molecule is COc1cc2ccc(=O)n(C)c2cc1CNC1CCCNC1c1ccccc1. The van der Waals surface area contributed by atoms with Gasteiger partial charge in [-0.25, -0.2) is 0 Å². The normalized spacial score (nSPS) is 19.6. The van der Waals surface area contributed by atoms with Gasteiger partial charge in [0.2, 0.25) is 0 Å². The minimum Gasteiger partial charge on any atom is -0.496 e. The zero-order valence-corrected chi connectivity index (χ0v) is 16.4. The molecule has 3 aromatic rings. The van der Waals surface area contributed by atoms with Gasteiger partial charge in [-0.3, -0.25) is 4.79 Å². The van der Waals surface area contributed by atoms with Crippen LogP contribution in [0, 0.1) is 0 Å². The van der Waals surface area contributed by atoms with Gasteiger partial charge >= 0.3 is 0 Å². The van der Waals surface area contributed by atoms with Crippen LogP contribution in [0.3, 0.4) is 0 Å². The Morgan fingerprint density at radius 3 is 2.79 bits per heavy atom. The maximum Gasteiger partial charge on any atom is 0.250 e. The highest BCUT2D eigenvalue weighted by Crippen LogP contribution is 2.27. The van der Waals surface area contributed by atoms with Crippen LogP contribution in [0.1, 0.15) is 30.0 Å². The number of hydrogen-bond acceptors (Lipinski definition) is 4. The summed E-state index contributed by atoms with van der Waals surface area (Å²) in [4.78, 5) is 12.0. The summed E-state index contributed by atoms with van der Waals surface area (Å²) in [5.41, 5.74) is 3.30. The molecule has 0 saturated carbocycles. The highest BCUT2D eigenvalue weighted by molar-refractivity contribution is 5.81. The van der Waals surface area contributed by atoms with Crippen molar-refractivity contribution in [1.29, 1.82) is 0 Å². The van der Waals surface area contributed by atoms with E-state index in [2.05, 4.69) is 47.0 Å². The van der Waals surface area contributed by atoms with Gasteiger partial charge in [0.25, 0.3) is 5.56 Å². The summed E-state index contributed by atoms with van der Waals surface area (Å²) in [5, 5.41) is 8.39. The fraction of sp³-hybridized carbons (Fsp3) is 0.348. The molecule has 5 nitrogen and oxygen atoms in total. The molecule has 4 rings (SSSR count). The molecule has 0 amide bonds. The number of pyridine rings is 1. The highest BCUT2D eigenvalue weighted by atomic mass is 16.5. The van der Waals surface area contributed by atoms with E-state index in [9.17, 15) is 4.79 Å². The second-order valence-electron chi connectivity index (χ2n) is 7.43. The van der Waals surface area contributed by atoms with Crippen LogP contribution in [-0.2, 0) is 13.6 Å². The van der Waals surface area contributed by atoms with E-state index in [1.54, 1.807) is 17.7 Å². The van der Waals surface area contributed by atoms with Gasteiger partial charge in [-0.05, 0) is 43.1 Å². The van der Waals surface area contributed by atoms with Crippen LogP contribution in [0.5, 0.6) is 5.75 Å². The Morgan fingerprint density at radius 2 is 2.00 bits per heavy atom. The number of piperidine rings is 1. The van der Waals surface area contributed by atoms with Crippen molar-refractivity contribution < 1.29 is 4.74 Å². The van der Waals surface area contributed by atoms with Crippen LogP contribution >= 0.6 is 0 Å². The number of hydrogen-bond donors (Lipinski definition) is 2. The number of fused-ring (bicyclic) bond motifs is 1. The Labute approximate surface area is 165 Å². The Kier molecular flexibility index (Phi) is 5.46. The molecule has 0 bridgehead atoms. The maximum atomic E-state index is 12.0. The smallest absolute Gasteiger partial charge is 0.250 e. The van der Waals surface area contributed by atoms with Gasteiger partial charge in [-0.2, -0.15) is 0 Å². The van der Waals surface area contributed by atoms with Crippen LogP contribution in [0.4, 0.5) is 0 Å². The van der Waals surface area contributed by atoms with Crippen molar-refractivity contribution in [2.24, 2.45) is 7.05 Å². The Balaban J connectivity index is 1.60. The third kappa shape index (κ3) is 3.68. The molecule has 0 aliphatic carbocycles. The van der Waals surface area contributed by atoms with E-state index >= 15 is 0 Å². The first-order chi connectivity index (χ1) is 13.7. The molecule has 5 heteroatoms. The molecule has 2 aromatic carbocycles. The van der Waals surface area contributed by atoms with Gasteiger partial charge in [0.05, 0.1) is 12.6 Å². The van der Waals surface area contributed by atoms with Crippen molar-refractivity contribution in [2.45, 2.75) is 31.5 Å². The number of benzene rings is 2. The van der Waals surface area contributed by atoms with Gasteiger partial charge in [-0.15, -0.1) is 0 Å². The predicted octanol–water partition coefficient (Wildman–Crippen LogP) is 3.13. The van der Waals surface area contributed by atoms with E-state index in [-0.39, 0.29) is 5.56 Å². The summed E-state index contributed by atoms with van der Waals surface area (Å²) in [5.74, 6) is 0.846. The van der Waals surface area contributed by atoms with Gasteiger partial charge in [0, 0.05) is 42.7 Å². The fourth-order valence-electron chi connectivity index (χ4n) is 4.13. The minimum absolute atomic E-state index is 0.00259. The number of nitrogens with zero attached hydrogens (tertiary/aromatic N) is 1. The highest BCUT2D eigenvalue weighted by Gasteiger charge is 2.25. The first-order valence-electron chi connectivity index (χ1n) is 9.86. The number of ether oxygens (including phenoxy) is 1. The van der Waals surface area contributed by atoms with Crippen LogP contribution in [0.2, 0.25) is 0 Å². The molecule has 1 aromatic heterocycles. The van der Waals surface area contributed by atoms with Crippen LogP contribution in [0.15, 0.2) is 59.4 Å². The largest absolute Gasteiger partial charge is 0.496 e. The molecular weight excluding hydrogens is 350 g/mol. The standard InChI is InChI=1S/C23H27N3O2/c1-26-20-13-18(21(28-2)14-17(20)10-11-22(26)27)15-25-19-9-6-12-24-23(19)16-7-4-3-5-8-16/h3-5,7-8,10-11,13-14,19,23-25H,6,9,12,15H2,1-2H3. The average molecular weight is 377 g/mol. The predicted molar refractivity (Wildman–Crippen MR) is 113 cm³/mol. The molecule has 2 N–H and O–H groups in total. The summed E-state index contributed by atoms with van der Waals surface area (Å²) in [6.45, 7) is 1.73. The van der Waals surface area contributed by atoms with E-state index in [4.69, 9.17) is 4.74 Å². The lowest BCUT2D eigenvalue weighted by atomic mass is 9.92. The van der Waals surface area contributed by atoms with Gasteiger partial charge < -0.3 is 19.9 Å². The van der Waals surface area contributed by atoms with Crippen molar-refractivity contribution in [3.8, 4) is 5.75 Å². The molecule has 2 atom stereocenters. The van der Waals surface area contributed by atoms with Crippen molar-refractivity contribution in [3.05, 3.63) is 76.1 Å². The monoisotopic (exact) mass is 377 g/mol. The summed E-state index contributed by atoms with van der Waals surface area (Å²) in [7, 11) is 3.51. The van der Waals surface area contributed by atoms with E-state index in [1.807, 2.05) is 19.2 Å². The number of methoxy groups -OCH3 is 1. The maximum absolute atomic E-state index is 12.0.